The van der Waals surface area contributed by atoms with Crippen LogP contribution in [0.25, 0.3) is 0 Å². The molecule has 0 unspecified atom stereocenters. The van der Waals surface area contributed by atoms with Crippen LogP contribution >= 0.6 is 0 Å². The van der Waals surface area contributed by atoms with Crippen LogP contribution in [0.15, 0.2) is 36.5 Å². The molecule has 14 heavy (non-hydrogen) atoms. The molecule has 0 fully saturated rings. The Morgan fingerprint density at radius 1 is 1.29 bits per heavy atom. The Hall–Kier alpha value is -1.84. The smallest absolute Gasteiger partial charge is 0.168 e. The predicted octanol–water partition coefficient (Wildman–Crippen LogP) is 1.37. The van der Waals surface area contributed by atoms with Crippen molar-refractivity contribution < 1.29 is 0 Å². The van der Waals surface area contributed by atoms with Crippen molar-refractivity contribution in [3.05, 3.63) is 42.1 Å². The van der Waals surface area contributed by atoms with Gasteiger partial charge in [-0.1, -0.05) is 35.5 Å². The Bertz CT molecular complexity index is 394. The average Bonchev–Trinajstić information content (AvgIpc) is 2.67. The molecule has 0 saturated heterocycles. The summed E-state index contributed by atoms with van der Waals surface area (Å²) in [6.45, 7) is 0.759. The summed E-state index contributed by atoms with van der Waals surface area (Å²) in [6.07, 6.45) is 1.88. The third kappa shape index (κ3) is 1.90. The van der Waals surface area contributed by atoms with Gasteiger partial charge >= 0.3 is 0 Å². The topological polar surface area (TPSA) is 42.7 Å². The number of nitrogens with one attached hydrogen (secondary N) is 1. The molecular formula is C10H12N4. The van der Waals surface area contributed by atoms with E-state index in [2.05, 4.69) is 27.8 Å². The second-order valence-electron chi connectivity index (χ2n) is 3.04. The van der Waals surface area contributed by atoms with E-state index in [0.717, 1.165) is 12.4 Å². The minimum atomic E-state index is 0.759. The number of rotatable bonds is 3. The van der Waals surface area contributed by atoms with Crippen LogP contribution in [0.5, 0.6) is 0 Å². The summed E-state index contributed by atoms with van der Waals surface area (Å²) in [5.41, 5.74) is 1.22. The highest BCUT2D eigenvalue weighted by molar-refractivity contribution is 5.28. The quantitative estimate of drug-likeness (QED) is 0.791. The maximum Gasteiger partial charge on any atom is 0.168 e. The van der Waals surface area contributed by atoms with E-state index in [-0.39, 0.29) is 0 Å². The number of nitrogens with zero attached hydrogens (tertiary/aromatic N) is 3. The van der Waals surface area contributed by atoms with Crippen LogP contribution in [0, 0.1) is 0 Å². The van der Waals surface area contributed by atoms with E-state index < -0.39 is 0 Å². The van der Waals surface area contributed by atoms with E-state index >= 15 is 0 Å². The molecule has 1 aromatic heterocycles. The summed E-state index contributed by atoms with van der Waals surface area (Å²) in [4.78, 5) is 0. The van der Waals surface area contributed by atoms with Gasteiger partial charge in [-0.15, -0.1) is 5.10 Å². The van der Waals surface area contributed by atoms with Crippen molar-refractivity contribution >= 4 is 5.82 Å². The monoisotopic (exact) mass is 188 g/mol. The Morgan fingerprint density at radius 2 is 2.07 bits per heavy atom. The van der Waals surface area contributed by atoms with Crippen LogP contribution in [0.2, 0.25) is 0 Å². The predicted molar refractivity (Wildman–Crippen MR) is 55.1 cm³/mol. The van der Waals surface area contributed by atoms with E-state index in [9.17, 15) is 0 Å². The highest BCUT2D eigenvalue weighted by Gasteiger charge is 1.98. The standard InChI is InChI=1S/C10H12N4/c1-11-10-8-14(13-12-10)7-9-5-3-2-4-6-9/h2-6,8,11H,7H2,1H3. The molecule has 1 heterocycles. The van der Waals surface area contributed by atoms with Crippen molar-refractivity contribution in [1.29, 1.82) is 0 Å². The summed E-state index contributed by atoms with van der Waals surface area (Å²) < 4.78 is 1.81. The lowest BCUT2D eigenvalue weighted by molar-refractivity contribution is 0.650. The molecule has 2 aromatic rings. The molecule has 0 aliphatic heterocycles. The second kappa shape index (κ2) is 3.91. The van der Waals surface area contributed by atoms with Gasteiger partial charge in [0.25, 0.3) is 0 Å². The minimum Gasteiger partial charge on any atom is -0.370 e. The second-order valence-corrected chi connectivity index (χ2v) is 3.04. The van der Waals surface area contributed by atoms with Crippen molar-refractivity contribution in [3.63, 3.8) is 0 Å². The van der Waals surface area contributed by atoms with Crippen LogP contribution < -0.4 is 5.32 Å². The molecule has 0 radical (unpaired) electrons. The zero-order chi connectivity index (χ0) is 9.80. The molecule has 2 rings (SSSR count). The van der Waals surface area contributed by atoms with Crippen LogP contribution in [-0.2, 0) is 6.54 Å². The Labute approximate surface area is 82.6 Å². The first kappa shape index (κ1) is 8.74. The fraction of sp³-hybridized carbons (Fsp3) is 0.200. The van der Waals surface area contributed by atoms with Gasteiger partial charge in [-0.2, -0.15) is 0 Å². The lowest BCUT2D eigenvalue weighted by Gasteiger charge is -1.98. The summed E-state index contributed by atoms with van der Waals surface area (Å²) in [5.74, 6) is 0.793. The van der Waals surface area contributed by atoms with Gasteiger partial charge in [0.05, 0.1) is 12.7 Å². The number of hydrogen-bond donors (Lipinski definition) is 1. The van der Waals surface area contributed by atoms with Crippen molar-refractivity contribution in [2.24, 2.45) is 0 Å². The molecule has 4 nitrogen and oxygen atoms in total. The maximum absolute atomic E-state index is 3.99. The molecular weight excluding hydrogens is 176 g/mol. The molecule has 1 N–H and O–H groups in total. The highest BCUT2D eigenvalue weighted by Crippen LogP contribution is 2.03. The van der Waals surface area contributed by atoms with Gasteiger partial charge in [0.1, 0.15) is 0 Å². The van der Waals surface area contributed by atoms with Gasteiger partial charge in [-0.25, -0.2) is 4.68 Å². The van der Waals surface area contributed by atoms with Crippen molar-refractivity contribution in [2.45, 2.75) is 6.54 Å². The zero-order valence-corrected chi connectivity index (χ0v) is 8.01. The molecule has 0 bridgehead atoms. The minimum absolute atomic E-state index is 0.759. The van der Waals surface area contributed by atoms with E-state index in [0.29, 0.717) is 0 Å². The fourth-order valence-corrected chi connectivity index (χ4v) is 1.26. The first-order valence-corrected chi connectivity index (χ1v) is 4.50. The van der Waals surface area contributed by atoms with Crippen molar-refractivity contribution in [1.82, 2.24) is 15.0 Å². The van der Waals surface area contributed by atoms with Gasteiger partial charge < -0.3 is 5.32 Å². The van der Waals surface area contributed by atoms with Gasteiger partial charge in [0.2, 0.25) is 0 Å². The third-order valence-electron chi connectivity index (χ3n) is 1.98. The van der Waals surface area contributed by atoms with Gasteiger partial charge in [0, 0.05) is 7.05 Å². The van der Waals surface area contributed by atoms with E-state index in [1.807, 2.05) is 31.4 Å². The molecule has 0 aliphatic rings. The third-order valence-corrected chi connectivity index (χ3v) is 1.98. The van der Waals surface area contributed by atoms with Crippen LogP contribution in [-0.4, -0.2) is 22.0 Å². The lowest BCUT2D eigenvalue weighted by atomic mass is 10.2. The summed E-state index contributed by atoms with van der Waals surface area (Å²) in [5, 5.41) is 10.9. The average molecular weight is 188 g/mol. The van der Waals surface area contributed by atoms with Crippen LogP contribution in [0.3, 0.4) is 0 Å². The number of anilines is 1. The zero-order valence-electron chi connectivity index (χ0n) is 8.01. The van der Waals surface area contributed by atoms with E-state index in [4.69, 9.17) is 0 Å². The molecule has 0 spiro atoms. The molecule has 4 heteroatoms. The molecule has 0 aliphatic carbocycles. The SMILES string of the molecule is CNc1cn(Cc2ccccc2)nn1. The van der Waals surface area contributed by atoms with Gasteiger partial charge in [-0.3, -0.25) is 0 Å². The fourth-order valence-electron chi connectivity index (χ4n) is 1.26. The van der Waals surface area contributed by atoms with Gasteiger partial charge in [-0.05, 0) is 5.56 Å². The Morgan fingerprint density at radius 3 is 2.71 bits per heavy atom. The lowest BCUT2D eigenvalue weighted by Crippen LogP contribution is -1.99. The summed E-state index contributed by atoms with van der Waals surface area (Å²) in [6, 6.07) is 10.2. The molecule has 0 saturated carbocycles. The largest absolute Gasteiger partial charge is 0.370 e. The van der Waals surface area contributed by atoms with E-state index in [1.165, 1.54) is 5.56 Å². The first-order valence-electron chi connectivity index (χ1n) is 4.50. The molecule has 0 atom stereocenters. The molecule has 0 amide bonds. The summed E-state index contributed by atoms with van der Waals surface area (Å²) >= 11 is 0. The Balaban J connectivity index is 2.11. The number of benzene rings is 1. The number of hydrogen-bond acceptors (Lipinski definition) is 3. The molecule has 1 aromatic carbocycles. The normalized spacial score (nSPS) is 10.1. The first-order chi connectivity index (χ1) is 6.88. The molecule has 72 valence electrons. The van der Waals surface area contributed by atoms with E-state index in [1.54, 1.807) is 4.68 Å². The Kier molecular flexibility index (Phi) is 2.44. The summed E-state index contributed by atoms with van der Waals surface area (Å²) in [7, 11) is 1.83. The maximum atomic E-state index is 3.99. The van der Waals surface area contributed by atoms with Crippen molar-refractivity contribution in [2.75, 3.05) is 12.4 Å². The van der Waals surface area contributed by atoms with Gasteiger partial charge in [0.15, 0.2) is 5.82 Å². The van der Waals surface area contributed by atoms with Crippen LogP contribution in [0.1, 0.15) is 5.56 Å². The van der Waals surface area contributed by atoms with Crippen molar-refractivity contribution in [3.8, 4) is 0 Å². The van der Waals surface area contributed by atoms with Crippen LogP contribution in [0.4, 0.5) is 5.82 Å². The highest BCUT2D eigenvalue weighted by atomic mass is 15.4. The number of aromatic nitrogens is 3.